The molecule has 3 aliphatic rings. The smallest absolute Gasteiger partial charge is 0.137 e. The van der Waals surface area contributed by atoms with Gasteiger partial charge in [0.1, 0.15) is 5.84 Å². The predicted molar refractivity (Wildman–Crippen MR) is 140 cm³/mol. The molecule has 0 aliphatic carbocycles. The van der Waals surface area contributed by atoms with E-state index in [2.05, 4.69) is 77.1 Å². The average molecular weight is 463 g/mol. The zero-order chi connectivity index (χ0) is 22.7. The van der Waals surface area contributed by atoms with Gasteiger partial charge in [-0.15, -0.1) is 0 Å². The van der Waals surface area contributed by atoms with Crippen LogP contribution in [0.1, 0.15) is 45.1 Å². The Labute approximate surface area is 204 Å². The molecule has 5 rings (SSSR count). The Bertz CT molecular complexity index is 975. The summed E-state index contributed by atoms with van der Waals surface area (Å²) in [6.07, 6.45) is 5.34. The van der Waals surface area contributed by atoms with Gasteiger partial charge in [-0.1, -0.05) is 55.9 Å². The highest BCUT2D eigenvalue weighted by atomic mass is 32.2. The van der Waals surface area contributed by atoms with E-state index < -0.39 is 0 Å². The van der Waals surface area contributed by atoms with Crippen LogP contribution in [0.25, 0.3) is 0 Å². The fourth-order valence-electron chi connectivity index (χ4n) is 5.66. The van der Waals surface area contributed by atoms with Crippen molar-refractivity contribution in [2.24, 2.45) is 10.4 Å². The van der Waals surface area contributed by atoms with Crippen molar-refractivity contribution in [2.75, 3.05) is 52.4 Å². The lowest BCUT2D eigenvalue weighted by atomic mass is 9.82. The first-order valence-corrected chi connectivity index (χ1v) is 13.7. The zero-order valence-corrected chi connectivity index (χ0v) is 21.1. The minimum absolute atomic E-state index is 0.595. The molecule has 5 heteroatoms. The van der Waals surface area contributed by atoms with Gasteiger partial charge in [-0.2, -0.15) is 0 Å². The number of fused-ring (bicyclic) bond motifs is 2. The minimum Gasteiger partial charge on any atom is -0.354 e. The largest absolute Gasteiger partial charge is 0.354 e. The standard InChI is InChI=1S/C28H38N4S/c1-3-28(4-2)14-17-31(22-28)16-9-15-30-18-20-32(21-19-30)27-23-10-5-7-12-25(23)33-26-13-8-6-11-24(26)29-27/h5-8,10-13H,3-4,9,14-22H2,1-2H3. The number of amidine groups is 1. The molecule has 176 valence electrons. The number of hydrogen-bond donors (Lipinski definition) is 0. The lowest BCUT2D eigenvalue weighted by molar-refractivity contribution is 0.170. The van der Waals surface area contributed by atoms with Crippen LogP contribution in [0, 0.1) is 5.41 Å². The molecule has 3 aliphatic heterocycles. The highest BCUT2D eigenvalue weighted by Gasteiger charge is 2.34. The number of aliphatic imine (C=N–C) groups is 1. The molecule has 4 nitrogen and oxygen atoms in total. The first-order valence-electron chi connectivity index (χ1n) is 12.8. The number of hydrogen-bond acceptors (Lipinski definition) is 5. The van der Waals surface area contributed by atoms with Gasteiger partial charge in [0.25, 0.3) is 0 Å². The summed E-state index contributed by atoms with van der Waals surface area (Å²) in [6.45, 7) is 14.2. The molecular formula is C28H38N4S. The number of likely N-dealkylation sites (tertiary alicyclic amines) is 1. The van der Waals surface area contributed by atoms with Crippen molar-refractivity contribution in [2.45, 2.75) is 49.3 Å². The van der Waals surface area contributed by atoms with Gasteiger partial charge in [0.15, 0.2) is 0 Å². The highest BCUT2D eigenvalue weighted by Crippen LogP contribution is 2.40. The summed E-state index contributed by atoms with van der Waals surface area (Å²) in [7, 11) is 0. The maximum atomic E-state index is 5.17. The maximum absolute atomic E-state index is 5.17. The van der Waals surface area contributed by atoms with Crippen molar-refractivity contribution >= 4 is 23.3 Å². The molecule has 2 aromatic carbocycles. The van der Waals surface area contributed by atoms with Gasteiger partial charge in [-0.3, -0.25) is 4.90 Å². The predicted octanol–water partition coefficient (Wildman–Crippen LogP) is 5.75. The van der Waals surface area contributed by atoms with E-state index in [1.807, 2.05) is 11.8 Å². The van der Waals surface area contributed by atoms with Crippen molar-refractivity contribution in [1.82, 2.24) is 14.7 Å². The fourth-order valence-corrected chi connectivity index (χ4v) is 6.67. The Morgan fingerprint density at radius 2 is 1.52 bits per heavy atom. The van der Waals surface area contributed by atoms with Crippen molar-refractivity contribution in [3.05, 3.63) is 54.1 Å². The first kappa shape index (κ1) is 22.9. The summed E-state index contributed by atoms with van der Waals surface area (Å²) in [5, 5.41) is 0. The first-order chi connectivity index (χ1) is 16.2. The summed E-state index contributed by atoms with van der Waals surface area (Å²) >= 11 is 1.84. The van der Waals surface area contributed by atoms with Crippen LogP contribution >= 0.6 is 11.8 Å². The maximum Gasteiger partial charge on any atom is 0.137 e. The molecule has 0 N–H and O–H groups in total. The van der Waals surface area contributed by atoms with Crippen LogP contribution in [0.2, 0.25) is 0 Å². The molecular weight excluding hydrogens is 424 g/mol. The van der Waals surface area contributed by atoms with Crippen LogP contribution in [-0.2, 0) is 0 Å². The summed E-state index contributed by atoms with van der Waals surface area (Å²) in [5.74, 6) is 1.15. The molecule has 33 heavy (non-hydrogen) atoms. The van der Waals surface area contributed by atoms with E-state index in [1.165, 1.54) is 67.2 Å². The van der Waals surface area contributed by atoms with E-state index >= 15 is 0 Å². The van der Waals surface area contributed by atoms with E-state index in [9.17, 15) is 0 Å². The Kier molecular flexibility index (Phi) is 7.10. The zero-order valence-electron chi connectivity index (χ0n) is 20.3. The van der Waals surface area contributed by atoms with Crippen molar-refractivity contribution in [3.63, 3.8) is 0 Å². The average Bonchev–Trinajstić information content (AvgIpc) is 3.20. The molecule has 2 fully saturated rings. The Morgan fingerprint density at radius 1 is 0.818 bits per heavy atom. The van der Waals surface area contributed by atoms with Gasteiger partial charge in [0, 0.05) is 48.1 Å². The minimum atomic E-state index is 0.595. The molecule has 3 heterocycles. The van der Waals surface area contributed by atoms with Crippen LogP contribution in [0.3, 0.4) is 0 Å². The third-order valence-corrected chi connectivity index (χ3v) is 9.22. The van der Waals surface area contributed by atoms with Gasteiger partial charge < -0.3 is 9.80 Å². The monoisotopic (exact) mass is 462 g/mol. The quantitative estimate of drug-likeness (QED) is 0.545. The SMILES string of the molecule is CCC1(CC)CCN(CCCN2CCN(C3=Nc4ccccc4Sc4ccccc43)CC2)C1. The van der Waals surface area contributed by atoms with Crippen molar-refractivity contribution in [3.8, 4) is 0 Å². The Hall–Kier alpha value is -1.82. The molecule has 0 radical (unpaired) electrons. The van der Waals surface area contributed by atoms with Crippen LogP contribution in [0.15, 0.2) is 63.3 Å². The number of nitrogens with zero attached hydrogens (tertiary/aromatic N) is 4. The van der Waals surface area contributed by atoms with Gasteiger partial charge >= 0.3 is 0 Å². The van der Waals surface area contributed by atoms with Crippen molar-refractivity contribution < 1.29 is 0 Å². The molecule has 0 aromatic heterocycles. The molecule has 0 unspecified atom stereocenters. The van der Waals surface area contributed by atoms with E-state index in [0.717, 1.165) is 37.7 Å². The van der Waals surface area contributed by atoms with Crippen LogP contribution in [0.4, 0.5) is 5.69 Å². The second kappa shape index (κ2) is 10.2. The summed E-state index contributed by atoms with van der Waals surface area (Å²) in [4.78, 5) is 15.6. The summed E-state index contributed by atoms with van der Waals surface area (Å²) in [5.41, 5.74) is 2.96. The number of rotatable bonds is 6. The molecule has 0 atom stereocenters. The fraction of sp³-hybridized carbons (Fsp3) is 0.536. The highest BCUT2D eigenvalue weighted by molar-refractivity contribution is 7.99. The lowest BCUT2D eigenvalue weighted by Gasteiger charge is -2.37. The Balaban J connectivity index is 1.18. The van der Waals surface area contributed by atoms with Gasteiger partial charge in [0.2, 0.25) is 0 Å². The molecule has 0 bridgehead atoms. The number of benzene rings is 2. The second-order valence-electron chi connectivity index (χ2n) is 9.92. The molecule has 2 saturated heterocycles. The third kappa shape index (κ3) is 5.01. The molecule has 0 spiro atoms. The molecule has 0 saturated carbocycles. The number of para-hydroxylation sites is 1. The summed E-state index contributed by atoms with van der Waals surface area (Å²) in [6, 6.07) is 17.3. The van der Waals surface area contributed by atoms with Gasteiger partial charge in [-0.25, -0.2) is 4.99 Å². The van der Waals surface area contributed by atoms with Gasteiger partial charge in [0.05, 0.1) is 5.69 Å². The topological polar surface area (TPSA) is 22.1 Å². The Morgan fingerprint density at radius 3 is 2.27 bits per heavy atom. The number of piperazine rings is 1. The van der Waals surface area contributed by atoms with Crippen LogP contribution in [-0.4, -0.2) is 72.9 Å². The van der Waals surface area contributed by atoms with Gasteiger partial charge in [-0.05, 0) is 68.9 Å². The third-order valence-electron chi connectivity index (χ3n) is 8.08. The normalized spacial score (nSPS) is 20.8. The van der Waals surface area contributed by atoms with Crippen molar-refractivity contribution in [1.29, 1.82) is 0 Å². The van der Waals surface area contributed by atoms with E-state index in [1.54, 1.807) is 0 Å². The van der Waals surface area contributed by atoms with Crippen LogP contribution in [0.5, 0.6) is 0 Å². The second-order valence-corrected chi connectivity index (χ2v) is 11.0. The lowest BCUT2D eigenvalue weighted by Crippen LogP contribution is -2.49. The van der Waals surface area contributed by atoms with E-state index in [-0.39, 0.29) is 0 Å². The summed E-state index contributed by atoms with van der Waals surface area (Å²) < 4.78 is 0. The van der Waals surface area contributed by atoms with E-state index in [0.29, 0.717) is 5.41 Å². The molecule has 0 amide bonds. The molecule has 2 aromatic rings. The van der Waals surface area contributed by atoms with E-state index in [4.69, 9.17) is 4.99 Å². The van der Waals surface area contributed by atoms with Crippen LogP contribution < -0.4 is 0 Å².